The van der Waals surface area contributed by atoms with Crippen LogP contribution in [-0.4, -0.2) is 36.6 Å². The maximum absolute atomic E-state index is 11.7. The zero-order valence-corrected chi connectivity index (χ0v) is 10.5. The van der Waals surface area contributed by atoms with Gasteiger partial charge in [-0.25, -0.2) is 4.79 Å². The molecule has 2 rings (SSSR count). The molecule has 2 atom stereocenters. The number of rotatable bonds is 3. The summed E-state index contributed by atoms with van der Waals surface area (Å²) in [6.45, 7) is 0.955. The average molecular weight is 271 g/mol. The van der Waals surface area contributed by atoms with Crippen molar-refractivity contribution in [2.75, 3.05) is 13.1 Å². The third kappa shape index (κ3) is 3.72. The number of hydrogen-bond donors (Lipinski definition) is 2. The lowest BCUT2D eigenvalue weighted by Crippen LogP contribution is -2.37. The number of aliphatic hydroxyl groups excluding tert-OH is 1. The van der Waals surface area contributed by atoms with Crippen molar-refractivity contribution < 1.29 is 14.6 Å². The van der Waals surface area contributed by atoms with Crippen LogP contribution in [0.3, 0.4) is 0 Å². The summed E-state index contributed by atoms with van der Waals surface area (Å²) in [7, 11) is 0. The third-order valence-electron chi connectivity index (χ3n) is 2.46. The Morgan fingerprint density at radius 1 is 1.44 bits per heavy atom. The SMILES string of the molecule is Cl.O=C(OC1CN=CNC1)C(O)c1ccccc1. The Morgan fingerprint density at radius 2 is 2.17 bits per heavy atom. The molecule has 1 heterocycles. The second kappa shape index (κ2) is 6.98. The van der Waals surface area contributed by atoms with Crippen molar-refractivity contribution >= 4 is 24.7 Å². The van der Waals surface area contributed by atoms with Crippen LogP contribution in [0.2, 0.25) is 0 Å². The van der Waals surface area contributed by atoms with Crippen LogP contribution in [0, 0.1) is 0 Å². The summed E-state index contributed by atoms with van der Waals surface area (Å²) in [5, 5.41) is 12.7. The summed E-state index contributed by atoms with van der Waals surface area (Å²) in [5.41, 5.74) is 0.532. The number of ether oxygens (including phenoxy) is 1. The average Bonchev–Trinajstić information content (AvgIpc) is 2.40. The number of hydrogen-bond acceptors (Lipinski definition) is 5. The quantitative estimate of drug-likeness (QED) is 0.793. The molecule has 0 aliphatic carbocycles. The van der Waals surface area contributed by atoms with Crippen LogP contribution in [0.15, 0.2) is 35.3 Å². The van der Waals surface area contributed by atoms with E-state index in [0.717, 1.165) is 0 Å². The molecule has 2 unspecified atom stereocenters. The summed E-state index contributed by atoms with van der Waals surface area (Å²) in [4.78, 5) is 15.6. The van der Waals surface area contributed by atoms with Crippen LogP contribution in [-0.2, 0) is 9.53 Å². The molecule has 98 valence electrons. The first kappa shape index (κ1) is 14.5. The number of nitrogens with zero attached hydrogens (tertiary/aromatic N) is 1. The Balaban J connectivity index is 0.00000162. The first-order chi connectivity index (χ1) is 8.27. The summed E-state index contributed by atoms with van der Waals surface area (Å²) in [6.07, 6.45) is 0.0331. The van der Waals surface area contributed by atoms with Crippen molar-refractivity contribution in [2.45, 2.75) is 12.2 Å². The van der Waals surface area contributed by atoms with Crippen LogP contribution in [0.4, 0.5) is 0 Å². The van der Waals surface area contributed by atoms with E-state index in [0.29, 0.717) is 18.7 Å². The van der Waals surface area contributed by atoms with Crippen LogP contribution < -0.4 is 5.32 Å². The van der Waals surface area contributed by atoms with Crippen molar-refractivity contribution in [3.63, 3.8) is 0 Å². The third-order valence-corrected chi connectivity index (χ3v) is 2.46. The molecule has 1 aromatic rings. The fourth-order valence-electron chi connectivity index (χ4n) is 1.56. The molecule has 2 N–H and O–H groups in total. The molecule has 1 aliphatic rings. The molecule has 0 amide bonds. The summed E-state index contributed by atoms with van der Waals surface area (Å²) in [6, 6.07) is 8.71. The summed E-state index contributed by atoms with van der Waals surface area (Å²) in [5.74, 6) is -0.639. The normalized spacial score (nSPS) is 19.3. The Hall–Kier alpha value is -1.59. The van der Waals surface area contributed by atoms with E-state index in [1.54, 1.807) is 30.6 Å². The number of carbonyl (C=O) groups excluding carboxylic acids is 1. The second-order valence-electron chi connectivity index (χ2n) is 3.77. The maximum Gasteiger partial charge on any atom is 0.340 e. The highest BCUT2D eigenvalue weighted by molar-refractivity contribution is 5.85. The topological polar surface area (TPSA) is 70.9 Å². The molecule has 0 saturated heterocycles. The van der Waals surface area contributed by atoms with Gasteiger partial charge in [-0.2, -0.15) is 0 Å². The Kier molecular flexibility index (Phi) is 5.61. The van der Waals surface area contributed by atoms with Gasteiger partial charge in [-0.05, 0) is 5.56 Å². The van der Waals surface area contributed by atoms with Crippen molar-refractivity contribution in [3.8, 4) is 0 Å². The van der Waals surface area contributed by atoms with E-state index in [2.05, 4.69) is 10.3 Å². The lowest BCUT2D eigenvalue weighted by atomic mass is 10.1. The minimum absolute atomic E-state index is 0. The molecule has 5 nitrogen and oxygen atoms in total. The predicted octanol–water partition coefficient (Wildman–Crippen LogP) is 0.685. The molecule has 0 aromatic heterocycles. The lowest BCUT2D eigenvalue weighted by molar-refractivity contribution is -0.158. The van der Waals surface area contributed by atoms with Crippen LogP contribution in [0.25, 0.3) is 0 Å². The summed E-state index contributed by atoms with van der Waals surface area (Å²) < 4.78 is 5.14. The first-order valence-corrected chi connectivity index (χ1v) is 5.42. The van der Waals surface area contributed by atoms with Gasteiger partial charge in [-0.15, -0.1) is 12.4 Å². The number of carbonyl (C=O) groups is 1. The number of nitrogens with one attached hydrogen (secondary N) is 1. The zero-order valence-electron chi connectivity index (χ0n) is 9.65. The predicted molar refractivity (Wildman–Crippen MR) is 69.9 cm³/mol. The molecule has 0 spiro atoms. The van der Waals surface area contributed by atoms with Crippen LogP contribution >= 0.6 is 12.4 Å². The molecule has 1 aromatic carbocycles. The smallest absolute Gasteiger partial charge is 0.340 e. The Labute approximate surface area is 111 Å². The zero-order chi connectivity index (χ0) is 12.1. The first-order valence-electron chi connectivity index (χ1n) is 5.42. The highest BCUT2D eigenvalue weighted by atomic mass is 35.5. The van der Waals surface area contributed by atoms with E-state index in [4.69, 9.17) is 4.74 Å². The monoisotopic (exact) mass is 270 g/mol. The van der Waals surface area contributed by atoms with Gasteiger partial charge in [0.25, 0.3) is 0 Å². The Bertz CT molecular complexity index is 411. The van der Waals surface area contributed by atoms with Gasteiger partial charge < -0.3 is 15.2 Å². The molecule has 6 heteroatoms. The van der Waals surface area contributed by atoms with Gasteiger partial charge in [-0.3, -0.25) is 4.99 Å². The van der Waals surface area contributed by atoms with E-state index in [9.17, 15) is 9.90 Å². The van der Waals surface area contributed by atoms with E-state index in [1.807, 2.05) is 6.07 Å². The van der Waals surface area contributed by atoms with Gasteiger partial charge >= 0.3 is 5.97 Å². The maximum atomic E-state index is 11.7. The molecule has 0 bridgehead atoms. The highest BCUT2D eigenvalue weighted by Gasteiger charge is 2.23. The number of esters is 1. The highest BCUT2D eigenvalue weighted by Crippen LogP contribution is 2.14. The molecule has 18 heavy (non-hydrogen) atoms. The second-order valence-corrected chi connectivity index (χ2v) is 3.77. The number of halogens is 1. The van der Waals surface area contributed by atoms with Crippen molar-refractivity contribution in [2.24, 2.45) is 4.99 Å². The minimum Gasteiger partial charge on any atom is -0.456 e. The van der Waals surface area contributed by atoms with Gasteiger partial charge in [0.15, 0.2) is 6.10 Å². The van der Waals surface area contributed by atoms with E-state index >= 15 is 0 Å². The van der Waals surface area contributed by atoms with E-state index < -0.39 is 12.1 Å². The van der Waals surface area contributed by atoms with Crippen molar-refractivity contribution in [1.82, 2.24) is 5.32 Å². The fourth-order valence-corrected chi connectivity index (χ4v) is 1.56. The van der Waals surface area contributed by atoms with Gasteiger partial charge in [0.1, 0.15) is 6.10 Å². The molecule has 0 radical (unpaired) electrons. The molecule has 0 fully saturated rings. The molecular weight excluding hydrogens is 256 g/mol. The van der Waals surface area contributed by atoms with Gasteiger partial charge in [0.2, 0.25) is 0 Å². The standard InChI is InChI=1S/C12H14N2O3.ClH/c15-11(9-4-2-1-3-5-9)12(16)17-10-6-13-8-14-7-10;/h1-5,8,10-11,15H,6-7H2,(H,13,14);1H. The lowest BCUT2D eigenvalue weighted by Gasteiger charge is -2.20. The van der Waals surface area contributed by atoms with E-state index in [1.165, 1.54) is 0 Å². The van der Waals surface area contributed by atoms with Crippen molar-refractivity contribution in [1.29, 1.82) is 0 Å². The van der Waals surface area contributed by atoms with Gasteiger partial charge in [0, 0.05) is 0 Å². The molecular formula is C12H15ClN2O3. The number of aliphatic hydroxyl groups is 1. The minimum atomic E-state index is -1.23. The number of aliphatic imine (C=N–C) groups is 1. The van der Waals surface area contributed by atoms with Gasteiger partial charge in [0.05, 0.1) is 19.4 Å². The van der Waals surface area contributed by atoms with Crippen molar-refractivity contribution in [3.05, 3.63) is 35.9 Å². The van der Waals surface area contributed by atoms with Gasteiger partial charge in [-0.1, -0.05) is 30.3 Å². The fraction of sp³-hybridized carbons (Fsp3) is 0.333. The van der Waals surface area contributed by atoms with E-state index in [-0.39, 0.29) is 18.5 Å². The Morgan fingerprint density at radius 3 is 2.78 bits per heavy atom. The molecule has 1 aliphatic heterocycles. The van der Waals surface area contributed by atoms with Crippen LogP contribution in [0.1, 0.15) is 11.7 Å². The molecule has 0 saturated carbocycles. The van der Waals surface area contributed by atoms with Crippen LogP contribution in [0.5, 0.6) is 0 Å². The largest absolute Gasteiger partial charge is 0.456 e. The number of benzene rings is 1. The summed E-state index contributed by atoms with van der Waals surface area (Å²) >= 11 is 0.